The molecule has 19 heavy (non-hydrogen) atoms. The van der Waals surface area contributed by atoms with Gasteiger partial charge in [-0.15, -0.1) is 0 Å². The van der Waals surface area contributed by atoms with Crippen LogP contribution in [0.2, 0.25) is 0 Å². The van der Waals surface area contributed by atoms with Gasteiger partial charge in [-0.1, -0.05) is 31.2 Å². The summed E-state index contributed by atoms with van der Waals surface area (Å²) >= 11 is 3.59. The van der Waals surface area contributed by atoms with Gasteiger partial charge in [0.05, 0.1) is 16.8 Å². The maximum absolute atomic E-state index is 5.69. The van der Waals surface area contributed by atoms with Crippen molar-refractivity contribution in [3.63, 3.8) is 0 Å². The van der Waals surface area contributed by atoms with Crippen LogP contribution in [0.1, 0.15) is 42.2 Å². The molecule has 0 bridgehead atoms. The minimum atomic E-state index is 0.263. The summed E-state index contributed by atoms with van der Waals surface area (Å²) < 4.78 is 6.75. The third-order valence-corrected chi connectivity index (χ3v) is 4.49. The molecule has 1 heterocycles. The van der Waals surface area contributed by atoms with Crippen LogP contribution in [0.25, 0.3) is 0 Å². The van der Waals surface area contributed by atoms with Gasteiger partial charge in [0.25, 0.3) is 0 Å². The van der Waals surface area contributed by atoms with E-state index in [4.69, 9.17) is 4.42 Å². The Kier molecular flexibility index (Phi) is 3.76. The molecule has 100 valence electrons. The first-order valence-electron chi connectivity index (χ1n) is 6.85. The smallest absolute Gasteiger partial charge is 0.135 e. The molecule has 2 unspecified atom stereocenters. The summed E-state index contributed by atoms with van der Waals surface area (Å²) in [5.41, 5.74) is 2.93. The molecule has 1 aliphatic rings. The van der Waals surface area contributed by atoms with Gasteiger partial charge in [0.15, 0.2) is 0 Å². The molecule has 0 radical (unpaired) electrons. The average molecular weight is 320 g/mol. The van der Waals surface area contributed by atoms with Crippen LogP contribution in [0.4, 0.5) is 0 Å². The highest BCUT2D eigenvalue weighted by molar-refractivity contribution is 9.10. The van der Waals surface area contributed by atoms with Gasteiger partial charge in [0.1, 0.15) is 5.76 Å². The van der Waals surface area contributed by atoms with E-state index in [9.17, 15) is 0 Å². The lowest BCUT2D eigenvalue weighted by Gasteiger charge is -2.36. The second kappa shape index (κ2) is 5.51. The number of benzene rings is 1. The maximum atomic E-state index is 5.69. The molecule has 1 N–H and O–H groups in total. The van der Waals surface area contributed by atoms with E-state index in [1.807, 2.05) is 6.07 Å². The minimum Gasteiger partial charge on any atom is -0.466 e. The predicted octanol–water partition coefficient (Wildman–Crippen LogP) is 4.42. The molecule has 1 aromatic heterocycles. The zero-order valence-electron chi connectivity index (χ0n) is 11.0. The fourth-order valence-corrected chi connectivity index (χ4v) is 3.29. The van der Waals surface area contributed by atoms with Crippen molar-refractivity contribution in [2.45, 2.75) is 31.7 Å². The lowest BCUT2D eigenvalue weighted by Crippen LogP contribution is -2.33. The minimum absolute atomic E-state index is 0.263. The SMILES string of the molecule is CCCNC(c1occc1Br)C1Cc2ccccc21. The van der Waals surface area contributed by atoms with Crippen molar-refractivity contribution in [1.82, 2.24) is 5.32 Å². The number of hydrogen-bond donors (Lipinski definition) is 1. The number of halogens is 1. The van der Waals surface area contributed by atoms with Gasteiger partial charge in [-0.2, -0.15) is 0 Å². The van der Waals surface area contributed by atoms with Gasteiger partial charge < -0.3 is 9.73 Å². The molecule has 3 rings (SSSR count). The van der Waals surface area contributed by atoms with Gasteiger partial charge in [-0.05, 0) is 52.5 Å². The molecule has 3 heteroatoms. The summed E-state index contributed by atoms with van der Waals surface area (Å²) in [5, 5.41) is 3.63. The van der Waals surface area contributed by atoms with Crippen LogP contribution < -0.4 is 5.32 Å². The summed E-state index contributed by atoms with van der Waals surface area (Å²) in [5.74, 6) is 1.54. The van der Waals surface area contributed by atoms with Crippen LogP contribution in [0.15, 0.2) is 45.5 Å². The molecule has 0 aliphatic heterocycles. The average Bonchev–Trinajstić information content (AvgIpc) is 2.81. The van der Waals surface area contributed by atoms with E-state index in [0.29, 0.717) is 5.92 Å². The summed E-state index contributed by atoms with van der Waals surface area (Å²) in [6.07, 6.45) is 4.01. The largest absolute Gasteiger partial charge is 0.466 e. The Hall–Kier alpha value is -1.06. The zero-order valence-corrected chi connectivity index (χ0v) is 12.6. The van der Waals surface area contributed by atoms with Crippen molar-refractivity contribution < 1.29 is 4.42 Å². The predicted molar refractivity (Wildman–Crippen MR) is 80.3 cm³/mol. The molecule has 0 spiro atoms. The second-order valence-corrected chi connectivity index (χ2v) is 5.93. The van der Waals surface area contributed by atoms with Gasteiger partial charge in [-0.25, -0.2) is 0 Å². The summed E-state index contributed by atoms with van der Waals surface area (Å²) in [6, 6.07) is 10.9. The van der Waals surface area contributed by atoms with Gasteiger partial charge in [-0.3, -0.25) is 0 Å². The second-order valence-electron chi connectivity index (χ2n) is 5.07. The molecular weight excluding hydrogens is 302 g/mol. The zero-order chi connectivity index (χ0) is 13.2. The van der Waals surface area contributed by atoms with Crippen molar-refractivity contribution in [1.29, 1.82) is 0 Å². The Morgan fingerprint density at radius 2 is 2.21 bits per heavy atom. The van der Waals surface area contributed by atoms with Crippen LogP contribution in [-0.4, -0.2) is 6.54 Å². The van der Waals surface area contributed by atoms with Crippen molar-refractivity contribution in [2.75, 3.05) is 6.54 Å². The summed E-state index contributed by atoms with van der Waals surface area (Å²) in [7, 11) is 0. The van der Waals surface area contributed by atoms with Crippen molar-refractivity contribution >= 4 is 15.9 Å². The van der Waals surface area contributed by atoms with E-state index in [1.54, 1.807) is 6.26 Å². The van der Waals surface area contributed by atoms with Crippen LogP contribution in [0.5, 0.6) is 0 Å². The van der Waals surface area contributed by atoms with Gasteiger partial charge >= 0.3 is 0 Å². The van der Waals surface area contributed by atoms with Gasteiger partial charge in [0.2, 0.25) is 0 Å². The monoisotopic (exact) mass is 319 g/mol. The van der Waals surface area contributed by atoms with Crippen LogP contribution in [0.3, 0.4) is 0 Å². The van der Waals surface area contributed by atoms with Gasteiger partial charge in [0, 0.05) is 5.92 Å². The molecule has 0 saturated carbocycles. The standard InChI is InChI=1S/C16H18BrNO/c1-2-8-18-15(16-14(17)7-9-19-16)13-10-11-5-3-4-6-12(11)13/h3-7,9,13,15,18H,2,8,10H2,1H3. The number of nitrogens with one attached hydrogen (secondary N) is 1. The van der Waals surface area contributed by atoms with E-state index in [2.05, 4.69) is 52.4 Å². The van der Waals surface area contributed by atoms with Crippen LogP contribution in [-0.2, 0) is 6.42 Å². The maximum Gasteiger partial charge on any atom is 0.135 e. The number of hydrogen-bond acceptors (Lipinski definition) is 2. The lowest BCUT2D eigenvalue weighted by atomic mass is 9.73. The van der Waals surface area contributed by atoms with Crippen molar-refractivity contribution in [3.05, 3.63) is 58.0 Å². The molecule has 0 saturated heterocycles. The van der Waals surface area contributed by atoms with E-state index < -0.39 is 0 Å². The molecule has 1 aliphatic carbocycles. The van der Waals surface area contributed by atoms with Crippen LogP contribution >= 0.6 is 15.9 Å². The van der Waals surface area contributed by atoms with E-state index >= 15 is 0 Å². The molecule has 0 amide bonds. The first-order valence-corrected chi connectivity index (χ1v) is 7.64. The quantitative estimate of drug-likeness (QED) is 0.882. The first-order chi connectivity index (χ1) is 9.31. The molecule has 0 fully saturated rings. The molecule has 2 aromatic rings. The number of furan rings is 1. The molecular formula is C16H18BrNO. The molecule has 2 atom stereocenters. The van der Waals surface area contributed by atoms with E-state index in [0.717, 1.165) is 29.6 Å². The summed E-state index contributed by atoms with van der Waals surface area (Å²) in [4.78, 5) is 0. The normalized spacial score (nSPS) is 18.7. The number of fused-ring (bicyclic) bond motifs is 1. The van der Waals surface area contributed by atoms with E-state index in [-0.39, 0.29) is 6.04 Å². The summed E-state index contributed by atoms with van der Waals surface area (Å²) in [6.45, 7) is 3.20. The third kappa shape index (κ3) is 2.37. The first kappa shape index (κ1) is 12.9. The third-order valence-electron chi connectivity index (χ3n) is 3.84. The van der Waals surface area contributed by atoms with E-state index in [1.165, 1.54) is 11.1 Å². The number of rotatable bonds is 5. The highest BCUT2D eigenvalue weighted by atomic mass is 79.9. The molecule has 2 nitrogen and oxygen atoms in total. The Balaban J connectivity index is 1.88. The van der Waals surface area contributed by atoms with Crippen molar-refractivity contribution in [2.24, 2.45) is 0 Å². The topological polar surface area (TPSA) is 25.2 Å². The Morgan fingerprint density at radius 1 is 1.37 bits per heavy atom. The Bertz CT molecular complexity index is 563. The van der Waals surface area contributed by atoms with Crippen molar-refractivity contribution in [3.8, 4) is 0 Å². The van der Waals surface area contributed by atoms with Crippen LogP contribution in [0, 0.1) is 0 Å². The highest BCUT2D eigenvalue weighted by Crippen LogP contribution is 2.45. The molecule has 1 aromatic carbocycles. The fraction of sp³-hybridized carbons (Fsp3) is 0.375. The Labute approximate surface area is 122 Å². The lowest BCUT2D eigenvalue weighted by molar-refractivity contribution is 0.343. The highest BCUT2D eigenvalue weighted by Gasteiger charge is 2.35. The fourth-order valence-electron chi connectivity index (χ4n) is 2.84. The Morgan fingerprint density at radius 3 is 2.89 bits per heavy atom.